The lowest BCUT2D eigenvalue weighted by atomic mass is 10.2. The molecule has 4 nitrogen and oxygen atoms in total. The van der Waals surface area contributed by atoms with E-state index in [9.17, 15) is 18.0 Å². The van der Waals surface area contributed by atoms with Crippen molar-refractivity contribution in [3.8, 4) is 0 Å². The molecule has 1 atom stereocenters. The van der Waals surface area contributed by atoms with Gasteiger partial charge in [-0.2, -0.15) is 13.2 Å². The Hall–Kier alpha value is -1.50. The van der Waals surface area contributed by atoms with Crippen LogP contribution in [0.1, 0.15) is 23.0 Å². The highest BCUT2D eigenvalue weighted by Crippen LogP contribution is 2.30. The van der Waals surface area contributed by atoms with Crippen molar-refractivity contribution in [1.82, 2.24) is 5.32 Å². The van der Waals surface area contributed by atoms with Gasteiger partial charge in [-0.05, 0) is 6.92 Å². The molecule has 0 saturated carbocycles. The molecule has 0 aromatic carbocycles. The zero-order chi connectivity index (χ0) is 12.3. The van der Waals surface area contributed by atoms with E-state index in [0.717, 1.165) is 6.26 Å². The van der Waals surface area contributed by atoms with E-state index >= 15 is 0 Å². The SMILES string of the molecule is CC(CN)NC(=O)c1coc(C(F)(F)F)c1. The minimum atomic E-state index is -4.59. The third-order valence-electron chi connectivity index (χ3n) is 1.87. The van der Waals surface area contributed by atoms with Gasteiger partial charge in [0, 0.05) is 18.7 Å². The number of hydrogen-bond donors (Lipinski definition) is 2. The summed E-state index contributed by atoms with van der Waals surface area (Å²) in [6, 6.07) is 0.343. The molecule has 1 aromatic rings. The van der Waals surface area contributed by atoms with E-state index in [1.165, 1.54) is 0 Å². The molecule has 1 aromatic heterocycles. The summed E-state index contributed by atoms with van der Waals surface area (Å²) in [6.07, 6.45) is -3.82. The fourth-order valence-electron chi connectivity index (χ4n) is 0.970. The summed E-state index contributed by atoms with van der Waals surface area (Å²) < 4.78 is 40.7. The van der Waals surface area contributed by atoms with Crippen LogP contribution in [0.4, 0.5) is 13.2 Å². The monoisotopic (exact) mass is 236 g/mol. The van der Waals surface area contributed by atoms with Gasteiger partial charge in [0.05, 0.1) is 5.56 Å². The number of rotatable bonds is 3. The second-order valence-corrected chi connectivity index (χ2v) is 3.31. The molecule has 0 bridgehead atoms. The van der Waals surface area contributed by atoms with Gasteiger partial charge in [-0.15, -0.1) is 0 Å². The maximum absolute atomic E-state index is 12.1. The van der Waals surface area contributed by atoms with E-state index in [-0.39, 0.29) is 18.2 Å². The molecule has 0 saturated heterocycles. The summed E-state index contributed by atoms with van der Waals surface area (Å²) in [4.78, 5) is 11.4. The van der Waals surface area contributed by atoms with Crippen LogP contribution >= 0.6 is 0 Å². The highest BCUT2D eigenvalue weighted by atomic mass is 19.4. The van der Waals surface area contributed by atoms with Crippen molar-refractivity contribution in [3.63, 3.8) is 0 Å². The Morgan fingerprint density at radius 1 is 1.62 bits per heavy atom. The zero-order valence-electron chi connectivity index (χ0n) is 8.47. The molecule has 1 amide bonds. The Balaban J connectivity index is 2.75. The molecule has 0 aliphatic rings. The van der Waals surface area contributed by atoms with Gasteiger partial charge in [-0.1, -0.05) is 0 Å². The minimum Gasteiger partial charge on any atom is -0.459 e. The molecule has 0 radical (unpaired) electrons. The lowest BCUT2D eigenvalue weighted by Crippen LogP contribution is -2.37. The molecule has 1 unspecified atom stereocenters. The number of halogens is 3. The summed E-state index contributed by atoms with van der Waals surface area (Å²) in [6.45, 7) is 1.85. The van der Waals surface area contributed by atoms with E-state index < -0.39 is 17.8 Å². The van der Waals surface area contributed by atoms with E-state index in [4.69, 9.17) is 5.73 Å². The Morgan fingerprint density at radius 2 is 2.25 bits per heavy atom. The van der Waals surface area contributed by atoms with Gasteiger partial charge in [0.2, 0.25) is 5.76 Å². The largest absolute Gasteiger partial charge is 0.459 e. The number of nitrogens with one attached hydrogen (secondary N) is 1. The molecule has 0 fully saturated rings. The fourth-order valence-corrected chi connectivity index (χ4v) is 0.970. The van der Waals surface area contributed by atoms with Crippen LogP contribution in [0.5, 0.6) is 0 Å². The molecular formula is C9H11F3N2O2. The van der Waals surface area contributed by atoms with Crippen molar-refractivity contribution in [3.05, 3.63) is 23.7 Å². The predicted octanol–water partition coefficient (Wildman–Crippen LogP) is 1.38. The van der Waals surface area contributed by atoms with Crippen LogP contribution in [0.15, 0.2) is 16.7 Å². The van der Waals surface area contributed by atoms with Gasteiger partial charge in [0.25, 0.3) is 5.91 Å². The maximum Gasteiger partial charge on any atom is 0.449 e. The fraction of sp³-hybridized carbons (Fsp3) is 0.444. The first-order valence-corrected chi connectivity index (χ1v) is 4.51. The van der Waals surface area contributed by atoms with Crippen LogP contribution in [-0.4, -0.2) is 18.5 Å². The van der Waals surface area contributed by atoms with Crippen molar-refractivity contribution >= 4 is 5.91 Å². The number of furan rings is 1. The Morgan fingerprint density at radius 3 is 2.69 bits per heavy atom. The van der Waals surface area contributed by atoms with Crippen LogP contribution in [-0.2, 0) is 6.18 Å². The second kappa shape index (κ2) is 4.56. The molecule has 0 spiro atoms. The van der Waals surface area contributed by atoms with Crippen LogP contribution in [0.25, 0.3) is 0 Å². The molecule has 1 rings (SSSR count). The summed E-state index contributed by atoms with van der Waals surface area (Å²) in [5.41, 5.74) is 5.08. The highest BCUT2D eigenvalue weighted by Gasteiger charge is 2.35. The van der Waals surface area contributed by atoms with Crippen molar-refractivity contribution in [1.29, 1.82) is 0 Å². The Kier molecular flexibility index (Phi) is 3.58. The molecule has 0 aliphatic carbocycles. The highest BCUT2D eigenvalue weighted by molar-refractivity contribution is 5.94. The smallest absolute Gasteiger partial charge is 0.449 e. The van der Waals surface area contributed by atoms with Crippen molar-refractivity contribution < 1.29 is 22.4 Å². The lowest BCUT2D eigenvalue weighted by Gasteiger charge is -2.09. The average Bonchev–Trinajstić information content (AvgIpc) is 2.65. The normalized spacial score (nSPS) is 13.6. The summed E-state index contributed by atoms with van der Waals surface area (Å²) in [5.74, 6) is -1.84. The molecule has 16 heavy (non-hydrogen) atoms. The zero-order valence-corrected chi connectivity index (χ0v) is 8.47. The Bertz CT molecular complexity index is 373. The molecule has 1 heterocycles. The number of alkyl halides is 3. The quantitative estimate of drug-likeness (QED) is 0.832. The van der Waals surface area contributed by atoms with E-state index in [1.54, 1.807) is 6.92 Å². The van der Waals surface area contributed by atoms with Gasteiger partial charge >= 0.3 is 6.18 Å². The maximum atomic E-state index is 12.1. The molecule has 90 valence electrons. The summed E-state index contributed by atoms with van der Waals surface area (Å²) >= 11 is 0. The van der Waals surface area contributed by atoms with Gasteiger partial charge in [0.1, 0.15) is 6.26 Å². The number of carbonyl (C=O) groups excluding carboxylic acids is 1. The summed E-state index contributed by atoms with van der Waals surface area (Å²) in [7, 11) is 0. The van der Waals surface area contributed by atoms with E-state index in [1.807, 2.05) is 0 Å². The number of nitrogens with two attached hydrogens (primary N) is 1. The van der Waals surface area contributed by atoms with E-state index in [0.29, 0.717) is 6.07 Å². The van der Waals surface area contributed by atoms with Crippen LogP contribution in [0.2, 0.25) is 0 Å². The first kappa shape index (κ1) is 12.6. The number of amides is 1. The second-order valence-electron chi connectivity index (χ2n) is 3.31. The van der Waals surface area contributed by atoms with Crippen molar-refractivity contribution in [2.45, 2.75) is 19.1 Å². The molecule has 3 N–H and O–H groups in total. The molecule has 7 heteroatoms. The van der Waals surface area contributed by atoms with Crippen molar-refractivity contribution in [2.24, 2.45) is 5.73 Å². The average molecular weight is 236 g/mol. The standard InChI is InChI=1S/C9H11F3N2O2/c1-5(3-13)14-8(15)6-2-7(16-4-6)9(10,11)12/h2,4-5H,3,13H2,1H3,(H,14,15). The van der Waals surface area contributed by atoms with Crippen LogP contribution in [0, 0.1) is 0 Å². The minimum absolute atomic E-state index is 0.173. The van der Waals surface area contributed by atoms with Gasteiger partial charge in [0.15, 0.2) is 0 Å². The molecular weight excluding hydrogens is 225 g/mol. The van der Waals surface area contributed by atoms with Gasteiger partial charge in [-0.3, -0.25) is 4.79 Å². The topological polar surface area (TPSA) is 68.3 Å². The third-order valence-corrected chi connectivity index (χ3v) is 1.87. The lowest BCUT2D eigenvalue weighted by molar-refractivity contribution is -0.153. The van der Waals surface area contributed by atoms with Gasteiger partial charge < -0.3 is 15.5 Å². The van der Waals surface area contributed by atoms with Crippen molar-refractivity contribution in [2.75, 3.05) is 6.54 Å². The van der Waals surface area contributed by atoms with Gasteiger partial charge in [-0.25, -0.2) is 0 Å². The van der Waals surface area contributed by atoms with Crippen LogP contribution in [0.3, 0.4) is 0 Å². The molecule has 0 aliphatic heterocycles. The first-order chi connectivity index (χ1) is 7.34. The predicted molar refractivity (Wildman–Crippen MR) is 49.7 cm³/mol. The number of carbonyl (C=O) groups is 1. The third kappa shape index (κ3) is 2.99. The summed E-state index contributed by atoms with van der Waals surface area (Å²) in [5, 5.41) is 2.42. The van der Waals surface area contributed by atoms with Crippen LogP contribution < -0.4 is 11.1 Å². The number of hydrogen-bond acceptors (Lipinski definition) is 3. The first-order valence-electron chi connectivity index (χ1n) is 4.51. The Labute approximate surface area is 89.6 Å². The van der Waals surface area contributed by atoms with E-state index in [2.05, 4.69) is 9.73 Å².